The highest BCUT2D eigenvalue weighted by atomic mass is 79.9. The zero-order chi connectivity index (χ0) is 9.68. The van der Waals surface area contributed by atoms with Crippen molar-refractivity contribution in [3.63, 3.8) is 0 Å². The number of hydrogen-bond donors (Lipinski definition) is 1. The van der Waals surface area contributed by atoms with Crippen LogP contribution in [0.2, 0.25) is 0 Å². The van der Waals surface area contributed by atoms with Crippen molar-refractivity contribution in [2.75, 3.05) is 6.61 Å². The lowest BCUT2D eigenvalue weighted by molar-refractivity contribution is 0.344. The predicted octanol–water partition coefficient (Wildman–Crippen LogP) is 1.49. The van der Waals surface area contributed by atoms with Gasteiger partial charge in [-0.3, -0.25) is 4.79 Å². The van der Waals surface area contributed by atoms with Crippen molar-refractivity contribution in [1.82, 2.24) is 9.97 Å². The molecule has 0 spiro atoms. The number of nitrogens with one attached hydrogen (secondary N) is 1. The van der Waals surface area contributed by atoms with E-state index in [1.807, 2.05) is 19.1 Å². The molecule has 0 bridgehead atoms. The van der Waals surface area contributed by atoms with E-state index in [4.69, 9.17) is 4.74 Å². The van der Waals surface area contributed by atoms with E-state index in [0.29, 0.717) is 17.0 Å². The van der Waals surface area contributed by atoms with E-state index in [0.717, 1.165) is 0 Å². The fourth-order valence-corrected chi connectivity index (χ4v) is 1.02. The fourth-order valence-electron chi connectivity index (χ4n) is 0.691. The van der Waals surface area contributed by atoms with Gasteiger partial charge in [0.1, 0.15) is 11.1 Å². The zero-order valence-electron chi connectivity index (χ0n) is 7.08. The van der Waals surface area contributed by atoms with Crippen molar-refractivity contribution in [2.24, 2.45) is 0 Å². The van der Waals surface area contributed by atoms with Crippen LogP contribution in [0.3, 0.4) is 0 Å². The number of rotatable bonds is 3. The van der Waals surface area contributed by atoms with Gasteiger partial charge < -0.3 is 9.72 Å². The zero-order valence-corrected chi connectivity index (χ0v) is 8.67. The van der Waals surface area contributed by atoms with Gasteiger partial charge in [-0.1, -0.05) is 12.2 Å². The molecule has 0 aliphatic heterocycles. The van der Waals surface area contributed by atoms with E-state index >= 15 is 0 Å². The van der Waals surface area contributed by atoms with Crippen molar-refractivity contribution in [3.8, 4) is 5.88 Å². The van der Waals surface area contributed by atoms with Crippen LogP contribution in [-0.2, 0) is 0 Å². The summed E-state index contributed by atoms with van der Waals surface area (Å²) in [5.41, 5.74) is -0.245. The molecule has 1 aromatic heterocycles. The Hall–Kier alpha value is -1.10. The predicted molar refractivity (Wildman–Crippen MR) is 52.9 cm³/mol. The van der Waals surface area contributed by atoms with Crippen molar-refractivity contribution >= 4 is 15.9 Å². The topological polar surface area (TPSA) is 55.0 Å². The lowest BCUT2D eigenvalue weighted by Crippen LogP contribution is -2.09. The summed E-state index contributed by atoms with van der Waals surface area (Å²) in [7, 11) is 0. The Morgan fingerprint density at radius 1 is 1.77 bits per heavy atom. The maximum absolute atomic E-state index is 11.0. The van der Waals surface area contributed by atoms with Gasteiger partial charge in [0.15, 0.2) is 0 Å². The highest BCUT2D eigenvalue weighted by Gasteiger charge is 2.04. The van der Waals surface area contributed by atoms with Crippen LogP contribution in [0.15, 0.2) is 27.7 Å². The molecule has 1 aromatic rings. The summed E-state index contributed by atoms with van der Waals surface area (Å²) in [4.78, 5) is 17.3. The van der Waals surface area contributed by atoms with Crippen LogP contribution in [0.5, 0.6) is 5.88 Å². The minimum Gasteiger partial charge on any atom is -0.472 e. The van der Waals surface area contributed by atoms with Gasteiger partial charge in [0.05, 0.1) is 6.33 Å². The maximum Gasteiger partial charge on any atom is 0.268 e. The second-order valence-electron chi connectivity index (χ2n) is 2.23. The molecule has 1 rings (SSSR count). The van der Waals surface area contributed by atoms with Crippen molar-refractivity contribution in [2.45, 2.75) is 6.92 Å². The third-order valence-corrected chi connectivity index (χ3v) is 2.02. The Morgan fingerprint density at radius 2 is 2.54 bits per heavy atom. The summed E-state index contributed by atoms with van der Waals surface area (Å²) in [6, 6.07) is 0. The molecule has 13 heavy (non-hydrogen) atoms. The summed E-state index contributed by atoms with van der Waals surface area (Å²) >= 11 is 3.08. The summed E-state index contributed by atoms with van der Waals surface area (Å²) in [5, 5.41) is 0. The van der Waals surface area contributed by atoms with Crippen LogP contribution in [0.25, 0.3) is 0 Å². The number of aromatic nitrogens is 2. The lowest BCUT2D eigenvalue weighted by atomic mass is 10.5. The third kappa shape index (κ3) is 2.69. The molecule has 1 N–H and O–H groups in total. The molecule has 1 heterocycles. The van der Waals surface area contributed by atoms with Crippen molar-refractivity contribution in [1.29, 1.82) is 0 Å². The highest BCUT2D eigenvalue weighted by Crippen LogP contribution is 2.15. The molecule has 4 nitrogen and oxygen atoms in total. The standard InChI is InChI=1S/C8H9BrN2O2/c1-2-3-4-13-8-6(9)7(12)10-5-11-8/h2-3,5H,4H2,1H3,(H,10,11,12)/b3-2+. The van der Waals surface area contributed by atoms with Gasteiger partial charge in [-0.2, -0.15) is 0 Å². The first-order valence-electron chi connectivity index (χ1n) is 3.73. The Balaban J connectivity index is 2.77. The largest absolute Gasteiger partial charge is 0.472 e. The van der Waals surface area contributed by atoms with E-state index < -0.39 is 0 Å². The van der Waals surface area contributed by atoms with Crippen molar-refractivity contribution in [3.05, 3.63) is 33.3 Å². The molecule has 0 saturated heterocycles. The molecule has 0 radical (unpaired) electrons. The first kappa shape index (κ1) is 9.98. The summed E-state index contributed by atoms with van der Waals surface area (Å²) in [6.07, 6.45) is 4.99. The summed E-state index contributed by atoms with van der Waals surface area (Å²) in [5.74, 6) is 0.307. The summed E-state index contributed by atoms with van der Waals surface area (Å²) in [6.45, 7) is 2.30. The molecule has 70 valence electrons. The van der Waals surface area contributed by atoms with E-state index in [2.05, 4.69) is 25.9 Å². The van der Waals surface area contributed by atoms with Gasteiger partial charge in [-0.25, -0.2) is 4.98 Å². The number of hydrogen-bond acceptors (Lipinski definition) is 3. The van der Waals surface area contributed by atoms with Gasteiger partial charge in [-0.05, 0) is 22.9 Å². The van der Waals surface area contributed by atoms with Crippen LogP contribution in [-0.4, -0.2) is 16.6 Å². The van der Waals surface area contributed by atoms with Gasteiger partial charge in [0.2, 0.25) is 5.88 Å². The Labute approximate surface area is 83.8 Å². The monoisotopic (exact) mass is 244 g/mol. The number of halogens is 1. The maximum atomic E-state index is 11.0. The second kappa shape index (κ2) is 4.81. The molecule has 0 aliphatic rings. The Bertz CT molecular complexity index is 359. The van der Waals surface area contributed by atoms with E-state index in [1.54, 1.807) is 0 Å². The Morgan fingerprint density at radius 3 is 3.23 bits per heavy atom. The minimum atomic E-state index is -0.245. The molecule has 0 aromatic carbocycles. The quantitative estimate of drug-likeness (QED) is 0.820. The smallest absolute Gasteiger partial charge is 0.268 e. The third-order valence-electron chi connectivity index (χ3n) is 1.32. The average Bonchev–Trinajstić information content (AvgIpc) is 2.13. The second-order valence-corrected chi connectivity index (χ2v) is 3.02. The molecule has 0 saturated carbocycles. The van der Waals surface area contributed by atoms with Crippen LogP contribution >= 0.6 is 15.9 Å². The molecule has 0 atom stereocenters. The van der Waals surface area contributed by atoms with Crippen LogP contribution < -0.4 is 10.3 Å². The number of aromatic amines is 1. The van der Waals surface area contributed by atoms with Crippen molar-refractivity contribution < 1.29 is 4.74 Å². The van der Waals surface area contributed by atoms with E-state index in [1.165, 1.54) is 6.33 Å². The fraction of sp³-hybridized carbons (Fsp3) is 0.250. The lowest BCUT2D eigenvalue weighted by Gasteiger charge is -2.01. The van der Waals surface area contributed by atoms with Crippen LogP contribution in [0.4, 0.5) is 0 Å². The molecule has 5 heteroatoms. The normalized spacial score (nSPS) is 10.6. The SMILES string of the molecule is C/C=C/COc1nc[nH]c(=O)c1Br. The first-order valence-corrected chi connectivity index (χ1v) is 4.52. The first-order chi connectivity index (χ1) is 6.25. The minimum absolute atomic E-state index is 0.245. The van der Waals surface area contributed by atoms with Gasteiger partial charge >= 0.3 is 0 Å². The summed E-state index contributed by atoms with van der Waals surface area (Å²) < 4.78 is 5.51. The van der Waals surface area contributed by atoms with Gasteiger partial charge in [0, 0.05) is 0 Å². The van der Waals surface area contributed by atoms with E-state index in [9.17, 15) is 4.79 Å². The number of nitrogens with zero attached hydrogens (tertiary/aromatic N) is 1. The molecular weight excluding hydrogens is 236 g/mol. The number of allylic oxidation sites excluding steroid dienone is 1. The molecular formula is C8H9BrN2O2. The van der Waals surface area contributed by atoms with Crippen LogP contribution in [0.1, 0.15) is 6.92 Å². The van der Waals surface area contributed by atoms with E-state index in [-0.39, 0.29) is 5.56 Å². The number of ether oxygens (including phenoxy) is 1. The number of H-pyrrole nitrogens is 1. The average molecular weight is 245 g/mol. The molecule has 0 aliphatic carbocycles. The molecule has 0 unspecified atom stereocenters. The van der Waals surface area contributed by atoms with Crippen LogP contribution in [0, 0.1) is 0 Å². The molecule has 0 fully saturated rings. The molecule has 0 amide bonds. The van der Waals surface area contributed by atoms with Gasteiger partial charge in [0.25, 0.3) is 5.56 Å². The highest BCUT2D eigenvalue weighted by molar-refractivity contribution is 9.10. The Kier molecular flexibility index (Phi) is 3.70. The van der Waals surface area contributed by atoms with Gasteiger partial charge in [-0.15, -0.1) is 0 Å².